The summed E-state index contributed by atoms with van der Waals surface area (Å²) in [5, 5.41) is 7.12. The summed E-state index contributed by atoms with van der Waals surface area (Å²) >= 11 is 0. The average molecular weight is 301 g/mol. The standard InChI is InChI=1S/C13H17N.C2HF3O2/c1-10(14)13-5-3-2-4-12(13)9-8-11-6-7-11;3-2(4,5)1(6)7/h2-5,8-11H,6-7,14H2,1H3;(H,6,7)/b9-8+;/t10-;/m0./s1. The minimum atomic E-state index is -5.08. The fourth-order valence-electron chi connectivity index (χ4n) is 1.61. The molecule has 1 atom stereocenters. The van der Waals surface area contributed by atoms with Crippen molar-refractivity contribution in [3.63, 3.8) is 0 Å². The van der Waals surface area contributed by atoms with Gasteiger partial charge in [-0.2, -0.15) is 13.2 Å². The van der Waals surface area contributed by atoms with Gasteiger partial charge in [0.05, 0.1) is 0 Å². The van der Waals surface area contributed by atoms with E-state index in [0.29, 0.717) is 0 Å². The number of halogens is 3. The zero-order valence-corrected chi connectivity index (χ0v) is 11.6. The smallest absolute Gasteiger partial charge is 0.475 e. The molecule has 0 aromatic heterocycles. The van der Waals surface area contributed by atoms with Crippen LogP contribution in [0.4, 0.5) is 13.2 Å². The first-order valence-corrected chi connectivity index (χ1v) is 6.54. The molecule has 3 nitrogen and oxygen atoms in total. The minimum absolute atomic E-state index is 0.120. The summed E-state index contributed by atoms with van der Waals surface area (Å²) in [4.78, 5) is 8.90. The first-order chi connectivity index (χ1) is 9.71. The van der Waals surface area contributed by atoms with Gasteiger partial charge in [0.2, 0.25) is 0 Å². The van der Waals surface area contributed by atoms with Gasteiger partial charge in [0, 0.05) is 6.04 Å². The number of carboxylic acid groups (broad SMARTS) is 1. The van der Waals surface area contributed by atoms with Gasteiger partial charge in [-0.15, -0.1) is 0 Å². The topological polar surface area (TPSA) is 63.3 Å². The zero-order valence-electron chi connectivity index (χ0n) is 11.6. The second-order valence-electron chi connectivity index (χ2n) is 4.92. The van der Waals surface area contributed by atoms with Crippen LogP contribution in [0.1, 0.15) is 36.9 Å². The van der Waals surface area contributed by atoms with Gasteiger partial charge in [0.25, 0.3) is 0 Å². The molecule has 0 unspecified atom stereocenters. The Kier molecular flexibility index (Phi) is 5.96. The van der Waals surface area contributed by atoms with Crippen molar-refractivity contribution in [2.24, 2.45) is 11.7 Å². The van der Waals surface area contributed by atoms with Crippen molar-refractivity contribution in [2.45, 2.75) is 32.0 Å². The van der Waals surface area contributed by atoms with E-state index in [9.17, 15) is 13.2 Å². The predicted octanol–water partition coefficient (Wildman–Crippen LogP) is 3.76. The van der Waals surface area contributed by atoms with Crippen molar-refractivity contribution in [3.8, 4) is 0 Å². The quantitative estimate of drug-likeness (QED) is 0.893. The molecule has 0 aliphatic heterocycles. The molecule has 0 saturated heterocycles. The molecule has 116 valence electrons. The highest BCUT2D eigenvalue weighted by Crippen LogP contribution is 2.31. The first-order valence-electron chi connectivity index (χ1n) is 6.54. The average Bonchev–Trinajstić information content (AvgIpc) is 3.20. The predicted molar refractivity (Wildman–Crippen MR) is 74.5 cm³/mol. The van der Waals surface area contributed by atoms with E-state index in [2.05, 4.69) is 30.4 Å². The van der Waals surface area contributed by atoms with Crippen LogP contribution in [0.5, 0.6) is 0 Å². The molecule has 1 aliphatic rings. The van der Waals surface area contributed by atoms with Crippen molar-refractivity contribution in [1.82, 2.24) is 0 Å². The highest BCUT2D eigenvalue weighted by Gasteiger charge is 2.38. The molecular weight excluding hydrogens is 283 g/mol. The fourth-order valence-corrected chi connectivity index (χ4v) is 1.61. The number of hydrogen-bond donors (Lipinski definition) is 2. The number of carboxylic acids is 1. The molecule has 0 bridgehead atoms. The summed E-state index contributed by atoms with van der Waals surface area (Å²) in [6.45, 7) is 2.03. The maximum Gasteiger partial charge on any atom is 0.490 e. The summed E-state index contributed by atoms with van der Waals surface area (Å²) in [5.41, 5.74) is 8.42. The Bertz CT molecular complexity index is 506. The summed E-state index contributed by atoms with van der Waals surface area (Å²) in [5.74, 6) is -1.93. The molecule has 0 amide bonds. The van der Waals surface area contributed by atoms with Crippen LogP contribution < -0.4 is 5.73 Å². The van der Waals surface area contributed by atoms with E-state index < -0.39 is 12.1 Å². The van der Waals surface area contributed by atoms with Gasteiger partial charge < -0.3 is 10.8 Å². The van der Waals surface area contributed by atoms with Gasteiger partial charge >= 0.3 is 12.1 Å². The van der Waals surface area contributed by atoms with E-state index in [0.717, 1.165) is 5.92 Å². The Labute approximate surface area is 121 Å². The third-order valence-electron chi connectivity index (χ3n) is 2.90. The molecule has 21 heavy (non-hydrogen) atoms. The van der Waals surface area contributed by atoms with E-state index in [-0.39, 0.29) is 6.04 Å². The van der Waals surface area contributed by atoms with E-state index in [4.69, 9.17) is 15.6 Å². The molecule has 1 aromatic carbocycles. The number of nitrogens with two attached hydrogens (primary N) is 1. The molecule has 2 rings (SSSR count). The first kappa shape index (κ1) is 17.2. The molecule has 1 aromatic rings. The van der Waals surface area contributed by atoms with Gasteiger partial charge in [0.15, 0.2) is 0 Å². The Morgan fingerprint density at radius 1 is 1.38 bits per heavy atom. The highest BCUT2D eigenvalue weighted by atomic mass is 19.4. The Balaban J connectivity index is 0.000000270. The molecule has 0 radical (unpaired) electrons. The Morgan fingerprint density at radius 3 is 2.33 bits per heavy atom. The van der Waals surface area contributed by atoms with Crippen LogP contribution >= 0.6 is 0 Å². The number of rotatable bonds is 3. The molecular formula is C15H18F3NO2. The van der Waals surface area contributed by atoms with Crippen LogP contribution in [-0.2, 0) is 4.79 Å². The molecule has 1 aliphatic carbocycles. The molecule has 0 spiro atoms. The van der Waals surface area contributed by atoms with Gasteiger partial charge in [-0.25, -0.2) is 4.79 Å². The van der Waals surface area contributed by atoms with Crippen LogP contribution in [0.25, 0.3) is 6.08 Å². The van der Waals surface area contributed by atoms with Crippen LogP contribution in [-0.4, -0.2) is 17.3 Å². The number of aliphatic carboxylic acids is 1. The summed E-state index contributed by atoms with van der Waals surface area (Å²) in [7, 11) is 0. The third kappa shape index (κ3) is 6.44. The lowest BCUT2D eigenvalue weighted by molar-refractivity contribution is -0.192. The maximum absolute atomic E-state index is 10.6. The second-order valence-corrected chi connectivity index (χ2v) is 4.92. The van der Waals surface area contributed by atoms with Crippen LogP contribution in [0.2, 0.25) is 0 Å². The van der Waals surface area contributed by atoms with E-state index >= 15 is 0 Å². The van der Waals surface area contributed by atoms with Crippen molar-refractivity contribution in [1.29, 1.82) is 0 Å². The van der Waals surface area contributed by atoms with Crippen LogP contribution in [0.3, 0.4) is 0 Å². The SMILES string of the molecule is C[C@H](N)c1ccccc1/C=C/C1CC1.O=C(O)C(F)(F)F. The fraction of sp³-hybridized carbons (Fsp3) is 0.400. The Hall–Kier alpha value is -1.82. The highest BCUT2D eigenvalue weighted by molar-refractivity contribution is 5.73. The van der Waals surface area contributed by atoms with Gasteiger partial charge in [-0.1, -0.05) is 36.4 Å². The lowest BCUT2D eigenvalue weighted by atomic mass is 10.0. The molecule has 0 heterocycles. The molecule has 3 N–H and O–H groups in total. The summed E-state index contributed by atoms with van der Waals surface area (Å²) < 4.78 is 31.7. The van der Waals surface area contributed by atoms with Gasteiger partial charge in [0.1, 0.15) is 0 Å². The Morgan fingerprint density at radius 2 is 1.90 bits per heavy atom. The molecule has 1 saturated carbocycles. The summed E-state index contributed by atoms with van der Waals surface area (Å²) in [6, 6.07) is 8.48. The summed E-state index contributed by atoms with van der Waals surface area (Å²) in [6.07, 6.45) is 2.16. The number of hydrogen-bond acceptors (Lipinski definition) is 2. The van der Waals surface area contributed by atoms with Gasteiger partial charge in [-0.3, -0.25) is 0 Å². The minimum Gasteiger partial charge on any atom is -0.475 e. The van der Waals surface area contributed by atoms with Crippen molar-refractivity contribution in [3.05, 3.63) is 41.5 Å². The van der Waals surface area contributed by atoms with Crippen molar-refractivity contribution in [2.75, 3.05) is 0 Å². The lowest BCUT2D eigenvalue weighted by Gasteiger charge is -2.08. The largest absolute Gasteiger partial charge is 0.490 e. The number of alkyl halides is 3. The van der Waals surface area contributed by atoms with Crippen molar-refractivity contribution < 1.29 is 23.1 Å². The number of allylic oxidation sites excluding steroid dienone is 1. The van der Waals surface area contributed by atoms with Crippen LogP contribution in [0.15, 0.2) is 30.3 Å². The number of carbonyl (C=O) groups is 1. The van der Waals surface area contributed by atoms with Crippen LogP contribution in [0, 0.1) is 5.92 Å². The van der Waals surface area contributed by atoms with E-state index in [1.807, 2.05) is 13.0 Å². The molecule has 1 fully saturated rings. The van der Waals surface area contributed by atoms with E-state index in [1.54, 1.807) is 0 Å². The van der Waals surface area contributed by atoms with Gasteiger partial charge in [-0.05, 0) is 36.8 Å². The molecule has 6 heteroatoms. The zero-order chi connectivity index (χ0) is 16.0. The monoisotopic (exact) mass is 301 g/mol. The number of benzene rings is 1. The lowest BCUT2D eigenvalue weighted by Crippen LogP contribution is -2.21. The normalized spacial score (nSPS) is 16.2. The second kappa shape index (κ2) is 7.26. The van der Waals surface area contributed by atoms with E-state index in [1.165, 1.54) is 24.0 Å². The maximum atomic E-state index is 10.6. The van der Waals surface area contributed by atoms with Crippen molar-refractivity contribution >= 4 is 12.0 Å². The third-order valence-corrected chi connectivity index (χ3v) is 2.90.